The standard InChI is InChI=1S/C25H32N4O5S/c1-17-5-4-6-18-9-10-20(24(23(17)18)25(31)32)28-35(33,34)21-8-3-2-7-19(21)27-12-11-22(30)29-15-13-26-14-16-29/h2-3,7-10,17,26-28H,4-6,11-16H2,1H3,(H,31,32). The molecule has 0 spiro atoms. The van der Waals surface area contributed by atoms with Gasteiger partial charge >= 0.3 is 5.97 Å². The zero-order valence-corrected chi connectivity index (χ0v) is 20.7. The lowest BCUT2D eigenvalue weighted by Gasteiger charge is -2.27. The number of aryl methyl sites for hydroxylation is 1. The molecule has 4 rings (SSSR count). The minimum atomic E-state index is -4.09. The van der Waals surface area contributed by atoms with E-state index in [4.69, 9.17) is 0 Å². The van der Waals surface area contributed by atoms with Gasteiger partial charge in [-0.25, -0.2) is 13.2 Å². The summed E-state index contributed by atoms with van der Waals surface area (Å²) in [5.41, 5.74) is 2.11. The molecule has 4 N–H and O–H groups in total. The lowest BCUT2D eigenvalue weighted by molar-refractivity contribution is -0.131. The van der Waals surface area contributed by atoms with Crippen LogP contribution in [-0.2, 0) is 21.2 Å². The molecular formula is C25H32N4O5S. The number of nitrogens with one attached hydrogen (secondary N) is 3. The number of hydrogen-bond acceptors (Lipinski definition) is 6. The highest BCUT2D eigenvalue weighted by molar-refractivity contribution is 7.92. The maximum Gasteiger partial charge on any atom is 0.338 e. The number of fused-ring (bicyclic) bond motifs is 1. The Hall–Kier alpha value is -3.11. The van der Waals surface area contributed by atoms with Crippen molar-refractivity contribution < 1.29 is 23.1 Å². The van der Waals surface area contributed by atoms with Crippen molar-refractivity contribution in [2.75, 3.05) is 42.8 Å². The van der Waals surface area contributed by atoms with Crippen molar-refractivity contribution in [1.82, 2.24) is 10.2 Å². The summed E-state index contributed by atoms with van der Waals surface area (Å²) in [7, 11) is -4.09. The zero-order valence-electron chi connectivity index (χ0n) is 19.8. The Morgan fingerprint density at radius 3 is 2.60 bits per heavy atom. The van der Waals surface area contributed by atoms with Gasteiger partial charge in [-0.15, -0.1) is 0 Å². The van der Waals surface area contributed by atoms with Gasteiger partial charge in [0, 0.05) is 39.1 Å². The van der Waals surface area contributed by atoms with Crippen LogP contribution in [0.15, 0.2) is 41.3 Å². The minimum absolute atomic E-state index is 0.00303. The molecule has 2 aliphatic rings. The van der Waals surface area contributed by atoms with Gasteiger partial charge < -0.3 is 20.6 Å². The largest absolute Gasteiger partial charge is 0.478 e. The number of benzene rings is 2. The molecule has 9 nitrogen and oxygen atoms in total. The fourth-order valence-corrected chi connectivity index (χ4v) is 6.18. The van der Waals surface area contributed by atoms with E-state index >= 15 is 0 Å². The number of carbonyl (C=O) groups excluding carboxylic acids is 1. The Labute approximate surface area is 206 Å². The molecule has 2 aromatic rings. The second-order valence-corrected chi connectivity index (χ2v) is 10.7. The van der Waals surface area contributed by atoms with Crippen LogP contribution in [0.3, 0.4) is 0 Å². The molecule has 35 heavy (non-hydrogen) atoms. The van der Waals surface area contributed by atoms with Gasteiger partial charge in [0.05, 0.1) is 16.9 Å². The van der Waals surface area contributed by atoms with E-state index in [1.165, 1.54) is 6.07 Å². The second kappa shape index (κ2) is 10.7. The maximum absolute atomic E-state index is 13.4. The summed E-state index contributed by atoms with van der Waals surface area (Å²) >= 11 is 0. The first-order chi connectivity index (χ1) is 16.8. The van der Waals surface area contributed by atoms with Gasteiger partial charge in [0.25, 0.3) is 10.0 Å². The van der Waals surface area contributed by atoms with E-state index in [-0.39, 0.29) is 40.9 Å². The molecule has 0 aromatic heterocycles. The predicted octanol–water partition coefficient (Wildman–Crippen LogP) is 2.86. The molecule has 1 aliphatic heterocycles. The molecule has 1 aliphatic carbocycles. The number of hydrogen-bond donors (Lipinski definition) is 4. The molecule has 0 saturated carbocycles. The number of sulfonamides is 1. The van der Waals surface area contributed by atoms with Gasteiger partial charge in [0.15, 0.2) is 0 Å². The smallest absolute Gasteiger partial charge is 0.338 e. The molecular weight excluding hydrogens is 468 g/mol. The fourth-order valence-electron chi connectivity index (χ4n) is 4.93. The highest BCUT2D eigenvalue weighted by atomic mass is 32.2. The van der Waals surface area contributed by atoms with Gasteiger partial charge in [-0.2, -0.15) is 0 Å². The first-order valence-electron chi connectivity index (χ1n) is 12.0. The molecule has 1 fully saturated rings. The summed E-state index contributed by atoms with van der Waals surface area (Å²) in [6.45, 7) is 5.13. The topological polar surface area (TPSA) is 128 Å². The number of carbonyl (C=O) groups is 2. The average Bonchev–Trinajstić information content (AvgIpc) is 2.84. The third-order valence-corrected chi connectivity index (χ3v) is 8.09. The molecule has 1 atom stereocenters. The van der Waals surface area contributed by atoms with E-state index in [1.807, 2.05) is 13.0 Å². The van der Waals surface area contributed by atoms with Gasteiger partial charge in [-0.1, -0.05) is 25.1 Å². The van der Waals surface area contributed by atoms with E-state index in [2.05, 4.69) is 15.4 Å². The molecule has 0 radical (unpaired) electrons. The van der Waals surface area contributed by atoms with Crippen molar-refractivity contribution in [3.8, 4) is 0 Å². The van der Waals surface area contributed by atoms with Crippen LogP contribution >= 0.6 is 0 Å². The first-order valence-corrected chi connectivity index (χ1v) is 13.5. The number of amides is 1. The van der Waals surface area contributed by atoms with Crippen molar-refractivity contribution >= 4 is 33.3 Å². The summed E-state index contributed by atoms with van der Waals surface area (Å²) < 4.78 is 29.2. The van der Waals surface area contributed by atoms with E-state index in [9.17, 15) is 23.1 Å². The lowest BCUT2D eigenvalue weighted by atomic mass is 9.80. The Morgan fingerprint density at radius 2 is 1.86 bits per heavy atom. The monoisotopic (exact) mass is 500 g/mol. The van der Waals surface area contributed by atoms with Gasteiger partial charge in [-0.05, 0) is 54.5 Å². The van der Waals surface area contributed by atoms with Crippen molar-refractivity contribution in [1.29, 1.82) is 0 Å². The summed E-state index contributed by atoms with van der Waals surface area (Å²) in [5.74, 6) is -1.09. The number of rotatable bonds is 8. The van der Waals surface area contributed by atoms with Crippen LogP contribution in [0.1, 0.15) is 53.6 Å². The Kier molecular flexibility index (Phi) is 7.61. The fraction of sp³-hybridized carbons (Fsp3) is 0.440. The first kappa shape index (κ1) is 25.0. The normalized spacial score (nSPS) is 18.0. The average molecular weight is 501 g/mol. The van der Waals surface area contributed by atoms with E-state index in [1.54, 1.807) is 29.2 Å². The Balaban J connectivity index is 1.54. The van der Waals surface area contributed by atoms with Gasteiger partial charge in [0.1, 0.15) is 4.90 Å². The number of nitrogens with zero attached hydrogens (tertiary/aromatic N) is 1. The molecule has 10 heteroatoms. The number of para-hydroxylation sites is 1. The Bertz CT molecular complexity index is 1210. The summed E-state index contributed by atoms with van der Waals surface area (Å²) in [4.78, 5) is 26.4. The van der Waals surface area contributed by atoms with Crippen LogP contribution in [-0.4, -0.2) is 63.0 Å². The highest BCUT2D eigenvalue weighted by Crippen LogP contribution is 2.38. The SMILES string of the molecule is CC1CCCc2ccc(NS(=O)(=O)c3ccccc3NCCC(=O)N3CCNCC3)c(C(=O)O)c21. The van der Waals surface area contributed by atoms with Crippen molar-refractivity contribution in [3.63, 3.8) is 0 Å². The molecule has 1 saturated heterocycles. The Morgan fingerprint density at radius 1 is 1.11 bits per heavy atom. The predicted molar refractivity (Wildman–Crippen MR) is 135 cm³/mol. The van der Waals surface area contributed by atoms with Crippen LogP contribution in [0, 0.1) is 0 Å². The van der Waals surface area contributed by atoms with Crippen molar-refractivity contribution in [2.45, 2.75) is 43.4 Å². The number of anilines is 2. The quantitative estimate of drug-likeness (QED) is 0.439. The zero-order chi connectivity index (χ0) is 25.0. The minimum Gasteiger partial charge on any atom is -0.478 e. The molecule has 188 valence electrons. The van der Waals surface area contributed by atoms with Crippen molar-refractivity contribution in [2.24, 2.45) is 0 Å². The maximum atomic E-state index is 13.4. The summed E-state index contributed by atoms with van der Waals surface area (Å²) in [6.07, 6.45) is 2.87. The molecule has 1 heterocycles. The molecule has 1 unspecified atom stereocenters. The van der Waals surface area contributed by atoms with Crippen LogP contribution in [0.25, 0.3) is 0 Å². The third kappa shape index (κ3) is 5.59. The van der Waals surface area contributed by atoms with Crippen LogP contribution < -0.4 is 15.4 Å². The van der Waals surface area contributed by atoms with Gasteiger partial charge in [0.2, 0.25) is 5.91 Å². The number of piperazine rings is 1. The van der Waals surface area contributed by atoms with Crippen LogP contribution in [0.4, 0.5) is 11.4 Å². The number of carboxylic acids is 1. The number of carboxylic acid groups (broad SMARTS) is 1. The van der Waals surface area contributed by atoms with Crippen LogP contribution in [0.2, 0.25) is 0 Å². The van der Waals surface area contributed by atoms with E-state index in [0.29, 0.717) is 24.3 Å². The summed E-state index contributed by atoms with van der Waals surface area (Å²) in [5, 5.41) is 16.2. The molecule has 1 amide bonds. The van der Waals surface area contributed by atoms with E-state index in [0.717, 1.165) is 37.9 Å². The van der Waals surface area contributed by atoms with E-state index < -0.39 is 16.0 Å². The second-order valence-electron chi connectivity index (χ2n) is 9.07. The number of aromatic carboxylic acids is 1. The van der Waals surface area contributed by atoms with Gasteiger partial charge in [-0.3, -0.25) is 9.52 Å². The van der Waals surface area contributed by atoms with Crippen molar-refractivity contribution in [3.05, 3.63) is 53.1 Å². The third-order valence-electron chi connectivity index (χ3n) is 6.67. The summed E-state index contributed by atoms with van der Waals surface area (Å²) in [6, 6.07) is 9.78. The molecule has 2 aromatic carbocycles. The molecule has 0 bridgehead atoms. The lowest BCUT2D eigenvalue weighted by Crippen LogP contribution is -2.46. The van der Waals surface area contributed by atoms with Crippen LogP contribution in [0.5, 0.6) is 0 Å². The highest BCUT2D eigenvalue weighted by Gasteiger charge is 2.28.